The van der Waals surface area contributed by atoms with Crippen LogP contribution in [0.2, 0.25) is 0 Å². The molecule has 0 saturated carbocycles. The zero-order valence-electron chi connectivity index (χ0n) is 7.69. The van der Waals surface area contributed by atoms with Crippen LogP contribution in [0.25, 0.3) is 0 Å². The zero-order valence-corrected chi connectivity index (χ0v) is 8.51. The van der Waals surface area contributed by atoms with Crippen molar-refractivity contribution >= 4 is 16.5 Å². The fourth-order valence-corrected chi connectivity index (χ4v) is 1.65. The molecule has 0 aliphatic carbocycles. The van der Waals surface area contributed by atoms with Crippen LogP contribution >= 0.6 is 11.5 Å². The number of aromatic nitrogens is 1. The van der Waals surface area contributed by atoms with Gasteiger partial charge in [-0.15, -0.1) is 0 Å². The molecular formula is C8H11N3O2S. The molecular weight excluding hydrogens is 202 g/mol. The molecule has 1 heterocycles. The number of hydrogen-bond acceptors (Lipinski definition) is 6. The highest BCUT2D eigenvalue weighted by atomic mass is 32.1. The molecule has 0 aliphatic rings. The lowest BCUT2D eigenvalue weighted by Crippen LogP contribution is -2.22. The van der Waals surface area contributed by atoms with Gasteiger partial charge in [-0.1, -0.05) is 0 Å². The highest BCUT2D eigenvalue weighted by molar-refractivity contribution is 7.10. The Hall–Kier alpha value is -1.16. The maximum Gasteiger partial charge on any atom is 0.127 e. The first-order chi connectivity index (χ1) is 6.69. The molecule has 0 spiro atoms. The van der Waals surface area contributed by atoms with Crippen molar-refractivity contribution in [3.05, 3.63) is 11.3 Å². The molecule has 14 heavy (non-hydrogen) atoms. The number of aliphatic hydroxyl groups excluding tert-OH is 2. The van der Waals surface area contributed by atoms with Crippen LogP contribution in [0, 0.1) is 18.3 Å². The van der Waals surface area contributed by atoms with Crippen molar-refractivity contribution in [3.63, 3.8) is 0 Å². The van der Waals surface area contributed by atoms with Gasteiger partial charge < -0.3 is 15.5 Å². The first-order valence-electron chi connectivity index (χ1n) is 4.08. The molecule has 5 nitrogen and oxygen atoms in total. The van der Waals surface area contributed by atoms with E-state index in [1.807, 2.05) is 6.07 Å². The van der Waals surface area contributed by atoms with Gasteiger partial charge in [0.15, 0.2) is 0 Å². The highest BCUT2D eigenvalue weighted by Crippen LogP contribution is 2.22. The summed E-state index contributed by atoms with van der Waals surface area (Å²) in [7, 11) is 0. The average Bonchev–Trinajstić information content (AvgIpc) is 2.55. The minimum absolute atomic E-state index is 0.215. The molecule has 6 heteroatoms. The standard InChI is InChI=1S/C8H11N3O2S/c1-5-7(2-9)8(14-11-5)10-3-6(13)4-12/h6,10,12-13H,3-4H2,1H3. The van der Waals surface area contributed by atoms with Gasteiger partial charge in [-0.3, -0.25) is 0 Å². The largest absolute Gasteiger partial charge is 0.394 e. The summed E-state index contributed by atoms with van der Waals surface area (Å²) >= 11 is 1.18. The maximum absolute atomic E-state index is 9.08. The lowest BCUT2D eigenvalue weighted by molar-refractivity contribution is 0.105. The fourth-order valence-electron chi connectivity index (χ4n) is 0.897. The van der Waals surface area contributed by atoms with E-state index in [1.54, 1.807) is 6.92 Å². The van der Waals surface area contributed by atoms with E-state index < -0.39 is 6.10 Å². The SMILES string of the molecule is Cc1nsc(NCC(O)CO)c1C#N. The fraction of sp³-hybridized carbons (Fsp3) is 0.500. The van der Waals surface area contributed by atoms with Crippen LogP contribution in [-0.2, 0) is 0 Å². The number of aryl methyl sites for hydroxylation is 1. The molecule has 0 aromatic carbocycles. The van der Waals surface area contributed by atoms with Crippen molar-refractivity contribution in [2.45, 2.75) is 13.0 Å². The molecule has 1 aromatic rings. The molecule has 1 aromatic heterocycles. The van der Waals surface area contributed by atoms with E-state index in [-0.39, 0.29) is 13.2 Å². The summed E-state index contributed by atoms with van der Waals surface area (Å²) in [6.07, 6.45) is -0.816. The number of aliphatic hydroxyl groups is 2. The lowest BCUT2D eigenvalue weighted by atomic mass is 10.3. The number of nitrogens with zero attached hydrogens (tertiary/aromatic N) is 2. The Labute approximate surface area is 85.8 Å². The first kappa shape index (κ1) is 10.9. The summed E-state index contributed by atoms with van der Waals surface area (Å²) in [4.78, 5) is 0. The molecule has 1 atom stereocenters. The van der Waals surface area contributed by atoms with E-state index in [2.05, 4.69) is 9.69 Å². The Balaban J connectivity index is 2.64. The Morgan fingerprint density at radius 2 is 2.43 bits per heavy atom. The van der Waals surface area contributed by atoms with Crippen molar-refractivity contribution in [3.8, 4) is 6.07 Å². The van der Waals surface area contributed by atoms with Gasteiger partial charge in [0, 0.05) is 6.54 Å². The quantitative estimate of drug-likeness (QED) is 0.659. The van der Waals surface area contributed by atoms with Gasteiger partial charge >= 0.3 is 0 Å². The summed E-state index contributed by atoms with van der Waals surface area (Å²) < 4.78 is 4.00. The smallest absolute Gasteiger partial charge is 0.127 e. The van der Waals surface area contributed by atoms with Crippen LogP contribution in [0.1, 0.15) is 11.3 Å². The Morgan fingerprint density at radius 3 is 3.00 bits per heavy atom. The third kappa shape index (κ3) is 2.42. The molecule has 0 bridgehead atoms. The number of rotatable bonds is 4. The predicted octanol–water partition coefficient (Wildman–Crippen LogP) is 0.0883. The van der Waals surface area contributed by atoms with E-state index >= 15 is 0 Å². The lowest BCUT2D eigenvalue weighted by Gasteiger charge is -2.07. The second kappa shape index (κ2) is 4.91. The third-order valence-corrected chi connectivity index (χ3v) is 2.58. The molecule has 0 radical (unpaired) electrons. The van der Waals surface area contributed by atoms with E-state index in [4.69, 9.17) is 15.5 Å². The number of nitriles is 1. The summed E-state index contributed by atoms with van der Waals surface area (Å²) in [5, 5.41) is 29.9. The van der Waals surface area contributed by atoms with Crippen molar-refractivity contribution in [1.82, 2.24) is 4.37 Å². The monoisotopic (exact) mass is 213 g/mol. The summed E-state index contributed by atoms with van der Waals surface area (Å²) in [5.74, 6) is 0. The first-order valence-corrected chi connectivity index (χ1v) is 4.85. The van der Waals surface area contributed by atoms with Gasteiger partial charge in [0.25, 0.3) is 0 Å². The maximum atomic E-state index is 9.08. The summed E-state index contributed by atoms with van der Waals surface area (Å²) in [6.45, 7) is 1.67. The van der Waals surface area contributed by atoms with E-state index in [9.17, 15) is 0 Å². The summed E-state index contributed by atoms with van der Waals surface area (Å²) in [6, 6.07) is 2.03. The molecule has 0 fully saturated rings. The number of nitrogens with one attached hydrogen (secondary N) is 1. The Kier molecular flexibility index (Phi) is 3.83. The molecule has 1 rings (SSSR count). The predicted molar refractivity (Wildman–Crippen MR) is 53.1 cm³/mol. The molecule has 0 aliphatic heterocycles. The number of anilines is 1. The highest BCUT2D eigenvalue weighted by Gasteiger charge is 2.10. The van der Waals surface area contributed by atoms with Crippen molar-refractivity contribution < 1.29 is 10.2 Å². The Morgan fingerprint density at radius 1 is 1.71 bits per heavy atom. The van der Waals surface area contributed by atoms with Crippen LogP contribution < -0.4 is 5.32 Å². The second-order valence-electron chi connectivity index (χ2n) is 2.80. The second-order valence-corrected chi connectivity index (χ2v) is 3.57. The normalized spacial score (nSPS) is 12.1. The molecule has 3 N–H and O–H groups in total. The van der Waals surface area contributed by atoms with Crippen molar-refractivity contribution in [1.29, 1.82) is 5.26 Å². The van der Waals surface area contributed by atoms with Gasteiger partial charge in [0.05, 0.1) is 18.4 Å². The topological polar surface area (TPSA) is 89.2 Å². The van der Waals surface area contributed by atoms with Gasteiger partial charge in [-0.25, -0.2) is 0 Å². The third-order valence-electron chi connectivity index (χ3n) is 1.68. The van der Waals surface area contributed by atoms with Gasteiger partial charge in [-0.05, 0) is 18.5 Å². The molecule has 1 unspecified atom stereocenters. The zero-order chi connectivity index (χ0) is 10.6. The minimum Gasteiger partial charge on any atom is -0.394 e. The minimum atomic E-state index is -0.816. The van der Waals surface area contributed by atoms with Crippen LogP contribution in [0.5, 0.6) is 0 Å². The summed E-state index contributed by atoms with van der Waals surface area (Å²) in [5.41, 5.74) is 1.18. The molecule has 0 saturated heterocycles. The van der Waals surface area contributed by atoms with Crippen LogP contribution in [-0.4, -0.2) is 33.8 Å². The van der Waals surface area contributed by atoms with E-state index in [0.29, 0.717) is 16.3 Å². The number of hydrogen-bond donors (Lipinski definition) is 3. The van der Waals surface area contributed by atoms with Crippen molar-refractivity contribution in [2.75, 3.05) is 18.5 Å². The van der Waals surface area contributed by atoms with Crippen molar-refractivity contribution in [2.24, 2.45) is 0 Å². The average molecular weight is 213 g/mol. The molecule has 76 valence electrons. The van der Waals surface area contributed by atoms with Gasteiger partial charge in [0.1, 0.15) is 16.6 Å². The van der Waals surface area contributed by atoms with Crippen LogP contribution in [0.15, 0.2) is 0 Å². The Bertz CT molecular complexity index is 345. The van der Waals surface area contributed by atoms with Gasteiger partial charge in [0.2, 0.25) is 0 Å². The molecule has 0 amide bonds. The van der Waals surface area contributed by atoms with Gasteiger partial charge in [-0.2, -0.15) is 9.64 Å². The van der Waals surface area contributed by atoms with E-state index in [1.165, 1.54) is 11.5 Å². The van der Waals surface area contributed by atoms with Crippen LogP contribution in [0.4, 0.5) is 5.00 Å². The van der Waals surface area contributed by atoms with E-state index in [0.717, 1.165) is 0 Å². The van der Waals surface area contributed by atoms with Crippen LogP contribution in [0.3, 0.4) is 0 Å².